The largest absolute Gasteiger partial charge is 0.339 e. The van der Waals surface area contributed by atoms with Gasteiger partial charge in [0.15, 0.2) is 11.0 Å². The standard InChI is InChI=1S/C38H39N5O2S/c1-27-11-15-32(16-12-27)36-39-40-38(43(36)34-21-13-28(2)14-22-34)46-25-7-10-35(44)41-23-24-42(29(3)26-41)37(45)33-19-17-31(18-20-33)30-8-5-4-6-9-30/h4-6,8-9,11-22,29H,7,10,23-26H2,1-3H3. The van der Waals surface area contributed by atoms with Crippen molar-refractivity contribution in [1.82, 2.24) is 24.6 Å². The van der Waals surface area contributed by atoms with Crippen LogP contribution in [-0.2, 0) is 4.79 Å². The van der Waals surface area contributed by atoms with Crippen LogP contribution in [0.2, 0.25) is 0 Å². The van der Waals surface area contributed by atoms with E-state index in [-0.39, 0.29) is 17.9 Å². The number of carbonyl (C=O) groups is 2. The summed E-state index contributed by atoms with van der Waals surface area (Å²) in [5, 5.41) is 9.91. The van der Waals surface area contributed by atoms with Crippen molar-refractivity contribution in [3.63, 3.8) is 0 Å². The molecular formula is C38H39N5O2S. The van der Waals surface area contributed by atoms with Gasteiger partial charge in [-0.2, -0.15) is 0 Å². The van der Waals surface area contributed by atoms with E-state index in [0.717, 1.165) is 45.5 Å². The quantitative estimate of drug-likeness (QED) is 0.125. The van der Waals surface area contributed by atoms with Crippen LogP contribution in [0.5, 0.6) is 0 Å². The summed E-state index contributed by atoms with van der Waals surface area (Å²) >= 11 is 1.62. The zero-order chi connectivity index (χ0) is 32.0. The number of aromatic nitrogens is 3. The lowest BCUT2D eigenvalue weighted by atomic mass is 10.0. The molecule has 0 spiro atoms. The molecule has 46 heavy (non-hydrogen) atoms. The molecule has 0 aliphatic carbocycles. The third-order valence-electron chi connectivity index (χ3n) is 8.48. The van der Waals surface area contributed by atoms with Crippen LogP contribution >= 0.6 is 11.8 Å². The van der Waals surface area contributed by atoms with Gasteiger partial charge in [-0.15, -0.1) is 10.2 Å². The molecule has 1 aliphatic heterocycles. The van der Waals surface area contributed by atoms with Crippen molar-refractivity contribution in [2.24, 2.45) is 0 Å². The summed E-state index contributed by atoms with van der Waals surface area (Å²) < 4.78 is 2.10. The molecule has 2 amide bonds. The fraction of sp³-hybridized carbons (Fsp3) is 0.263. The molecule has 1 aliphatic rings. The van der Waals surface area contributed by atoms with E-state index in [1.54, 1.807) is 11.8 Å². The highest BCUT2D eigenvalue weighted by Crippen LogP contribution is 2.29. The molecule has 6 rings (SSSR count). The van der Waals surface area contributed by atoms with E-state index in [1.807, 2.05) is 59.2 Å². The summed E-state index contributed by atoms with van der Waals surface area (Å²) in [6.07, 6.45) is 1.18. The molecule has 1 fully saturated rings. The Morgan fingerprint density at radius 1 is 0.761 bits per heavy atom. The van der Waals surface area contributed by atoms with Crippen LogP contribution in [-0.4, -0.2) is 67.8 Å². The minimum absolute atomic E-state index is 0.0123. The van der Waals surface area contributed by atoms with Crippen LogP contribution in [0, 0.1) is 13.8 Å². The van der Waals surface area contributed by atoms with Crippen LogP contribution in [0.15, 0.2) is 108 Å². The molecule has 234 valence electrons. The Morgan fingerprint density at radius 2 is 1.39 bits per heavy atom. The van der Waals surface area contributed by atoms with Gasteiger partial charge in [0.25, 0.3) is 5.91 Å². The minimum Gasteiger partial charge on any atom is -0.339 e. The number of piperazine rings is 1. The molecule has 5 aromatic rings. The highest BCUT2D eigenvalue weighted by Gasteiger charge is 2.30. The molecule has 0 radical (unpaired) electrons. The molecule has 1 saturated heterocycles. The molecule has 4 aromatic carbocycles. The first kappa shape index (κ1) is 31.3. The predicted molar refractivity (Wildman–Crippen MR) is 185 cm³/mol. The molecule has 7 nitrogen and oxygen atoms in total. The number of thioether (sulfide) groups is 1. The van der Waals surface area contributed by atoms with Crippen LogP contribution in [0.1, 0.15) is 41.3 Å². The normalized spacial score (nSPS) is 14.8. The zero-order valence-electron chi connectivity index (χ0n) is 26.6. The van der Waals surface area contributed by atoms with Gasteiger partial charge in [0.1, 0.15) is 0 Å². The van der Waals surface area contributed by atoms with E-state index in [1.165, 1.54) is 11.1 Å². The van der Waals surface area contributed by atoms with Crippen molar-refractivity contribution in [3.8, 4) is 28.2 Å². The summed E-state index contributed by atoms with van der Waals surface area (Å²) in [4.78, 5) is 30.3. The number of nitrogens with zero attached hydrogens (tertiary/aromatic N) is 5. The second kappa shape index (κ2) is 14.2. The average molecular weight is 630 g/mol. The van der Waals surface area contributed by atoms with E-state index in [9.17, 15) is 9.59 Å². The maximum atomic E-state index is 13.3. The van der Waals surface area contributed by atoms with Crippen molar-refractivity contribution < 1.29 is 9.59 Å². The van der Waals surface area contributed by atoms with E-state index in [2.05, 4.69) is 89.3 Å². The lowest BCUT2D eigenvalue weighted by Gasteiger charge is -2.40. The molecule has 1 unspecified atom stereocenters. The van der Waals surface area contributed by atoms with Crippen molar-refractivity contribution in [1.29, 1.82) is 0 Å². The summed E-state index contributed by atoms with van der Waals surface area (Å²) in [7, 11) is 0. The second-order valence-electron chi connectivity index (χ2n) is 11.9. The first-order chi connectivity index (χ1) is 22.4. The molecule has 0 N–H and O–H groups in total. The first-order valence-corrected chi connectivity index (χ1v) is 16.8. The number of aryl methyl sites for hydroxylation is 2. The Morgan fingerprint density at radius 3 is 2.07 bits per heavy atom. The van der Waals surface area contributed by atoms with Gasteiger partial charge >= 0.3 is 0 Å². The Labute approximate surface area is 275 Å². The highest BCUT2D eigenvalue weighted by molar-refractivity contribution is 7.99. The van der Waals surface area contributed by atoms with Crippen LogP contribution < -0.4 is 0 Å². The summed E-state index contributed by atoms with van der Waals surface area (Å²) in [6, 6.07) is 34.6. The monoisotopic (exact) mass is 629 g/mol. The van der Waals surface area contributed by atoms with Crippen molar-refractivity contribution in [2.75, 3.05) is 25.4 Å². The van der Waals surface area contributed by atoms with E-state index in [0.29, 0.717) is 31.6 Å². The third-order valence-corrected chi connectivity index (χ3v) is 9.50. The predicted octanol–water partition coefficient (Wildman–Crippen LogP) is 7.46. The lowest BCUT2D eigenvalue weighted by Crippen LogP contribution is -2.55. The molecule has 2 heterocycles. The van der Waals surface area contributed by atoms with Crippen LogP contribution in [0.25, 0.3) is 28.2 Å². The summed E-state index contributed by atoms with van der Waals surface area (Å²) in [5.41, 5.74) is 7.29. The molecular weight excluding hydrogens is 591 g/mol. The van der Waals surface area contributed by atoms with E-state index in [4.69, 9.17) is 0 Å². The second-order valence-corrected chi connectivity index (χ2v) is 13.0. The smallest absolute Gasteiger partial charge is 0.254 e. The van der Waals surface area contributed by atoms with Gasteiger partial charge in [-0.05, 0) is 62.6 Å². The van der Waals surface area contributed by atoms with Crippen molar-refractivity contribution in [3.05, 3.63) is 120 Å². The fourth-order valence-corrected chi connectivity index (χ4v) is 6.70. The molecule has 0 bridgehead atoms. The van der Waals surface area contributed by atoms with E-state index >= 15 is 0 Å². The SMILES string of the molecule is Cc1ccc(-c2nnc(SCCCC(=O)N3CCN(C(=O)c4ccc(-c5ccccc5)cc4)C(C)C3)n2-c2ccc(C)cc2)cc1. The van der Waals surface area contributed by atoms with Gasteiger partial charge in [-0.1, -0.05) is 102 Å². The molecule has 0 saturated carbocycles. The minimum atomic E-state index is -0.0540. The lowest BCUT2D eigenvalue weighted by molar-refractivity contribution is -0.133. The Balaban J connectivity index is 1.03. The van der Waals surface area contributed by atoms with Crippen molar-refractivity contribution >= 4 is 23.6 Å². The Kier molecular flexibility index (Phi) is 9.64. The summed E-state index contributed by atoms with van der Waals surface area (Å²) in [6.45, 7) is 7.79. The molecule has 1 aromatic heterocycles. The van der Waals surface area contributed by atoms with Crippen LogP contribution in [0.4, 0.5) is 0 Å². The molecule has 1 atom stereocenters. The zero-order valence-corrected chi connectivity index (χ0v) is 27.4. The van der Waals surface area contributed by atoms with Crippen LogP contribution in [0.3, 0.4) is 0 Å². The van der Waals surface area contributed by atoms with Gasteiger partial charge in [-0.3, -0.25) is 14.2 Å². The number of hydrogen-bond donors (Lipinski definition) is 0. The Bertz CT molecular complexity index is 1780. The fourth-order valence-electron chi connectivity index (χ4n) is 5.81. The van der Waals surface area contributed by atoms with E-state index < -0.39 is 0 Å². The topological polar surface area (TPSA) is 71.3 Å². The average Bonchev–Trinajstić information content (AvgIpc) is 3.51. The number of hydrogen-bond acceptors (Lipinski definition) is 5. The highest BCUT2D eigenvalue weighted by atomic mass is 32.2. The number of rotatable bonds is 9. The maximum Gasteiger partial charge on any atom is 0.254 e. The van der Waals surface area contributed by atoms with Gasteiger partial charge in [0.2, 0.25) is 5.91 Å². The third kappa shape index (κ3) is 7.07. The van der Waals surface area contributed by atoms with Gasteiger partial charge in [0.05, 0.1) is 0 Å². The number of amides is 2. The first-order valence-electron chi connectivity index (χ1n) is 15.8. The molecule has 8 heteroatoms. The Hall–Kier alpha value is -4.69. The number of carbonyl (C=O) groups excluding carboxylic acids is 2. The van der Waals surface area contributed by atoms with Gasteiger partial charge < -0.3 is 9.80 Å². The van der Waals surface area contributed by atoms with Gasteiger partial charge in [-0.25, -0.2) is 0 Å². The number of benzene rings is 4. The van der Waals surface area contributed by atoms with Crippen molar-refractivity contribution in [2.45, 2.75) is 44.8 Å². The van der Waals surface area contributed by atoms with Gasteiger partial charge in [0, 0.05) is 54.7 Å². The maximum absolute atomic E-state index is 13.3. The summed E-state index contributed by atoms with van der Waals surface area (Å²) in [5.74, 6) is 1.69.